The molecule has 1 saturated heterocycles. The van der Waals surface area contributed by atoms with Crippen molar-refractivity contribution < 1.29 is 9.90 Å². The van der Waals surface area contributed by atoms with Crippen LogP contribution in [0.15, 0.2) is 24.4 Å². The number of aryl methyl sites for hydroxylation is 1. The van der Waals surface area contributed by atoms with E-state index >= 15 is 0 Å². The van der Waals surface area contributed by atoms with Crippen molar-refractivity contribution in [3.8, 4) is 0 Å². The maximum Gasteiger partial charge on any atom is 0.317 e. The molecular weight excluding hydrogens is 302 g/mol. The van der Waals surface area contributed by atoms with Gasteiger partial charge >= 0.3 is 6.03 Å². The lowest BCUT2D eigenvalue weighted by molar-refractivity contribution is 0.0799. The number of hydrogen-bond donors (Lipinski definition) is 3. The molecule has 130 valence electrons. The van der Waals surface area contributed by atoms with Gasteiger partial charge in [-0.1, -0.05) is 12.1 Å². The van der Waals surface area contributed by atoms with E-state index in [9.17, 15) is 9.90 Å². The van der Waals surface area contributed by atoms with Gasteiger partial charge in [-0.05, 0) is 56.2 Å². The average Bonchev–Trinajstić information content (AvgIpc) is 2.97. The summed E-state index contributed by atoms with van der Waals surface area (Å²) in [6, 6.07) is 6.41. The van der Waals surface area contributed by atoms with Gasteiger partial charge in [0, 0.05) is 36.7 Å². The number of carbonyl (C=O) groups is 1. The quantitative estimate of drug-likeness (QED) is 0.807. The number of benzene rings is 1. The summed E-state index contributed by atoms with van der Waals surface area (Å²) in [5, 5.41) is 13.9. The molecule has 1 aliphatic rings. The number of piperidine rings is 1. The second-order valence-electron chi connectivity index (χ2n) is 6.91. The first kappa shape index (κ1) is 16.8. The Bertz CT molecular complexity index is 700. The normalized spacial score (nSPS) is 17.2. The monoisotopic (exact) mass is 329 g/mol. The number of aromatic amines is 1. The molecule has 1 fully saturated rings. The Balaban J connectivity index is 1.48. The molecule has 5 heteroatoms. The number of amides is 2. The third kappa shape index (κ3) is 3.73. The predicted molar refractivity (Wildman–Crippen MR) is 96.1 cm³/mol. The zero-order valence-electron chi connectivity index (χ0n) is 14.5. The fourth-order valence-electron chi connectivity index (χ4n) is 3.51. The van der Waals surface area contributed by atoms with Gasteiger partial charge in [0.15, 0.2) is 0 Å². The van der Waals surface area contributed by atoms with Crippen molar-refractivity contribution in [1.82, 2.24) is 15.2 Å². The van der Waals surface area contributed by atoms with Crippen LogP contribution in [-0.2, 0) is 6.42 Å². The standard InChI is InChI=1S/C19H27N3O2/c1-13-3-4-17-16(12-21-18(17)11-13)5-8-20-19(24)22-9-6-15(7-10-22)14(2)23/h3-4,11-12,14-15,21,23H,5-10H2,1-2H3,(H,20,24). The Morgan fingerprint density at radius 1 is 1.42 bits per heavy atom. The van der Waals surface area contributed by atoms with E-state index in [-0.39, 0.29) is 12.1 Å². The lowest BCUT2D eigenvalue weighted by atomic mass is 9.92. The summed E-state index contributed by atoms with van der Waals surface area (Å²) >= 11 is 0. The van der Waals surface area contributed by atoms with Crippen molar-refractivity contribution in [2.45, 2.75) is 39.2 Å². The van der Waals surface area contributed by atoms with Crippen molar-refractivity contribution in [3.05, 3.63) is 35.5 Å². The second-order valence-corrected chi connectivity index (χ2v) is 6.91. The molecule has 1 aromatic heterocycles. The molecule has 0 radical (unpaired) electrons. The van der Waals surface area contributed by atoms with Crippen LogP contribution in [0.3, 0.4) is 0 Å². The van der Waals surface area contributed by atoms with Gasteiger partial charge in [-0.2, -0.15) is 0 Å². The molecule has 0 spiro atoms. The molecule has 2 aromatic rings. The highest BCUT2D eigenvalue weighted by Gasteiger charge is 2.25. The number of H-pyrrole nitrogens is 1. The van der Waals surface area contributed by atoms with Gasteiger partial charge in [0.05, 0.1) is 6.10 Å². The van der Waals surface area contributed by atoms with Crippen LogP contribution in [0.1, 0.15) is 30.9 Å². The van der Waals surface area contributed by atoms with Crippen molar-refractivity contribution in [2.75, 3.05) is 19.6 Å². The Morgan fingerprint density at radius 2 is 2.17 bits per heavy atom. The minimum atomic E-state index is -0.277. The van der Waals surface area contributed by atoms with Crippen LogP contribution in [0, 0.1) is 12.8 Å². The number of hydrogen-bond acceptors (Lipinski definition) is 2. The molecule has 1 unspecified atom stereocenters. The maximum absolute atomic E-state index is 12.3. The summed E-state index contributed by atoms with van der Waals surface area (Å²) in [6.45, 7) is 6.02. The van der Waals surface area contributed by atoms with E-state index in [0.717, 1.165) is 37.9 Å². The van der Waals surface area contributed by atoms with Gasteiger partial charge < -0.3 is 20.3 Å². The van der Waals surface area contributed by atoms with E-state index < -0.39 is 0 Å². The Labute approximate surface area is 143 Å². The number of urea groups is 1. The van der Waals surface area contributed by atoms with Gasteiger partial charge in [-0.15, -0.1) is 0 Å². The summed E-state index contributed by atoms with van der Waals surface area (Å²) in [5.74, 6) is 0.323. The topological polar surface area (TPSA) is 68.4 Å². The molecular formula is C19H27N3O2. The third-order valence-electron chi connectivity index (χ3n) is 5.10. The molecule has 1 aromatic carbocycles. The molecule has 1 atom stereocenters. The van der Waals surface area contributed by atoms with E-state index in [1.807, 2.05) is 18.0 Å². The van der Waals surface area contributed by atoms with Crippen LogP contribution >= 0.6 is 0 Å². The molecule has 0 bridgehead atoms. The number of carbonyl (C=O) groups excluding carboxylic acids is 1. The SMILES string of the molecule is Cc1ccc2c(CCNC(=O)N3CCC(C(C)O)CC3)c[nH]c2c1. The zero-order chi connectivity index (χ0) is 17.1. The highest BCUT2D eigenvalue weighted by atomic mass is 16.3. The number of aliphatic hydroxyl groups is 1. The second kappa shape index (κ2) is 7.26. The molecule has 24 heavy (non-hydrogen) atoms. The number of fused-ring (bicyclic) bond motifs is 1. The first-order valence-corrected chi connectivity index (χ1v) is 8.82. The van der Waals surface area contributed by atoms with Crippen LogP contribution in [0.5, 0.6) is 0 Å². The van der Waals surface area contributed by atoms with E-state index in [1.165, 1.54) is 16.5 Å². The Hall–Kier alpha value is -2.01. The molecule has 0 saturated carbocycles. The van der Waals surface area contributed by atoms with Crippen molar-refractivity contribution in [2.24, 2.45) is 5.92 Å². The molecule has 5 nitrogen and oxygen atoms in total. The summed E-state index contributed by atoms with van der Waals surface area (Å²) in [7, 11) is 0. The third-order valence-corrected chi connectivity index (χ3v) is 5.10. The number of nitrogens with zero attached hydrogens (tertiary/aromatic N) is 1. The minimum Gasteiger partial charge on any atom is -0.393 e. The highest BCUT2D eigenvalue weighted by Crippen LogP contribution is 2.21. The van der Waals surface area contributed by atoms with E-state index in [2.05, 4.69) is 35.4 Å². The van der Waals surface area contributed by atoms with E-state index in [0.29, 0.717) is 12.5 Å². The number of rotatable bonds is 4. The number of aromatic nitrogens is 1. The summed E-state index contributed by atoms with van der Waals surface area (Å²) < 4.78 is 0. The van der Waals surface area contributed by atoms with Crippen LogP contribution in [-0.4, -0.2) is 46.8 Å². The molecule has 3 rings (SSSR count). The fraction of sp³-hybridized carbons (Fsp3) is 0.526. The van der Waals surface area contributed by atoms with Gasteiger partial charge in [0.1, 0.15) is 0 Å². The van der Waals surface area contributed by atoms with Crippen LogP contribution in [0.4, 0.5) is 4.79 Å². The van der Waals surface area contributed by atoms with Crippen molar-refractivity contribution in [3.63, 3.8) is 0 Å². The van der Waals surface area contributed by atoms with Crippen LogP contribution in [0.2, 0.25) is 0 Å². The van der Waals surface area contributed by atoms with Crippen molar-refractivity contribution in [1.29, 1.82) is 0 Å². The van der Waals surface area contributed by atoms with Gasteiger partial charge in [0.2, 0.25) is 0 Å². The summed E-state index contributed by atoms with van der Waals surface area (Å²) in [6.07, 6.45) is 4.34. The van der Waals surface area contributed by atoms with Crippen LogP contribution in [0.25, 0.3) is 10.9 Å². The first-order valence-electron chi connectivity index (χ1n) is 8.82. The minimum absolute atomic E-state index is 0.00901. The zero-order valence-corrected chi connectivity index (χ0v) is 14.5. The first-order chi connectivity index (χ1) is 11.5. The molecule has 3 N–H and O–H groups in total. The number of likely N-dealkylation sites (tertiary alicyclic amines) is 1. The van der Waals surface area contributed by atoms with Gasteiger partial charge in [0.25, 0.3) is 0 Å². The summed E-state index contributed by atoms with van der Waals surface area (Å²) in [5.41, 5.74) is 3.62. The Morgan fingerprint density at radius 3 is 2.88 bits per heavy atom. The lowest BCUT2D eigenvalue weighted by Crippen LogP contribution is -2.46. The highest BCUT2D eigenvalue weighted by molar-refractivity contribution is 5.83. The summed E-state index contributed by atoms with van der Waals surface area (Å²) in [4.78, 5) is 17.4. The van der Waals surface area contributed by atoms with E-state index in [1.54, 1.807) is 0 Å². The fourth-order valence-corrected chi connectivity index (χ4v) is 3.51. The smallest absolute Gasteiger partial charge is 0.317 e. The molecule has 2 amide bonds. The maximum atomic E-state index is 12.3. The molecule has 1 aliphatic heterocycles. The van der Waals surface area contributed by atoms with Crippen LogP contribution < -0.4 is 5.32 Å². The number of nitrogens with one attached hydrogen (secondary N) is 2. The average molecular weight is 329 g/mol. The van der Waals surface area contributed by atoms with Gasteiger partial charge in [-0.3, -0.25) is 0 Å². The lowest BCUT2D eigenvalue weighted by Gasteiger charge is -2.33. The predicted octanol–water partition coefficient (Wildman–Crippen LogP) is 2.82. The van der Waals surface area contributed by atoms with E-state index in [4.69, 9.17) is 0 Å². The van der Waals surface area contributed by atoms with Crippen molar-refractivity contribution >= 4 is 16.9 Å². The number of aliphatic hydroxyl groups excluding tert-OH is 1. The molecule has 2 heterocycles. The largest absolute Gasteiger partial charge is 0.393 e. The molecule has 0 aliphatic carbocycles. The van der Waals surface area contributed by atoms with Gasteiger partial charge in [-0.25, -0.2) is 4.79 Å². The Kier molecular flexibility index (Phi) is 5.09.